The lowest BCUT2D eigenvalue weighted by atomic mass is 9.99. The molecule has 1 aromatic carbocycles. The van der Waals surface area contributed by atoms with Gasteiger partial charge in [-0.3, -0.25) is 10.2 Å². The number of carbonyl (C=O) groups excluding carboxylic acids is 1. The molecule has 1 atom stereocenters. The third kappa shape index (κ3) is 3.20. The number of rotatable bonds is 3. The van der Waals surface area contributed by atoms with Gasteiger partial charge in [-0.15, -0.1) is 0 Å². The molecule has 1 aromatic rings. The number of amides is 1. The van der Waals surface area contributed by atoms with Crippen molar-refractivity contribution in [2.75, 3.05) is 13.1 Å². The number of piperidine rings is 1. The lowest BCUT2D eigenvalue weighted by molar-refractivity contribution is -0.126. The van der Waals surface area contributed by atoms with Crippen LogP contribution in [0.5, 0.6) is 0 Å². The van der Waals surface area contributed by atoms with Gasteiger partial charge in [0.05, 0.1) is 10.8 Å². The largest absolute Gasteiger partial charge is 0.294 e. The summed E-state index contributed by atoms with van der Waals surface area (Å²) in [4.78, 5) is 11.8. The average molecular weight is 362 g/mol. The fourth-order valence-electron chi connectivity index (χ4n) is 2.25. The normalized spacial score (nSPS) is 20.6. The van der Waals surface area contributed by atoms with Crippen LogP contribution < -0.4 is 11.3 Å². The number of halogens is 1. The Morgan fingerprint density at radius 3 is 2.60 bits per heavy atom. The summed E-state index contributed by atoms with van der Waals surface area (Å²) in [6.07, 6.45) is 1.29. The van der Waals surface area contributed by atoms with E-state index in [9.17, 15) is 13.2 Å². The zero-order chi connectivity index (χ0) is 14.8. The number of nitrogens with zero attached hydrogens (tertiary/aromatic N) is 1. The predicted molar refractivity (Wildman–Crippen MR) is 78.0 cm³/mol. The van der Waals surface area contributed by atoms with Crippen LogP contribution in [0.3, 0.4) is 0 Å². The lowest BCUT2D eigenvalue weighted by Gasteiger charge is -2.30. The highest BCUT2D eigenvalue weighted by molar-refractivity contribution is 9.10. The van der Waals surface area contributed by atoms with E-state index in [4.69, 9.17) is 5.84 Å². The van der Waals surface area contributed by atoms with Gasteiger partial charge in [0.15, 0.2) is 0 Å². The van der Waals surface area contributed by atoms with Crippen LogP contribution >= 0.6 is 15.9 Å². The summed E-state index contributed by atoms with van der Waals surface area (Å²) < 4.78 is 27.2. The molecule has 6 nitrogen and oxygen atoms in total. The molecule has 8 heteroatoms. The van der Waals surface area contributed by atoms with Gasteiger partial charge in [-0.25, -0.2) is 14.3 Å². The summed E-state index contributed by atoms with van der Waals surface area (Å²) in [6, 6.07) is 6.46. The second-order valence-corrected chi connectivity index (χ2v) is 7.52. The van der Waals surface area contributed by atoms with Gasteiger partial charge in [0.2, 0.25) is 15.9 Å². The summed E-state index contributed by atoms with van der Waals surface area (Å²) >= 11 is 3.27. The van der Waals surface area contributed by atoms with Crippen molar-refractivity contribution >= 4 is 31.9 Å². The number of nitrogens with two attached hydrogens (primary N) is 1. The molecule has 0 aliphatic carbocycles. The molecule has 0 radical (unpaired) electrons. The Labute approximate surface area is 126 Å². The molecule has 0 unspecified atom stereocenters. The Kier molecular flexibility index (Phi) is 4.79. The van der Waals surface area contributed by atoms with Gasteiger partial charge in [-0.05, 0) is 37.1 Å². The van der Waals surface area contributed by atoms with E-state index in [2.05, 4.69) is 21.4 Å². The van der Waals surface area contributed by atoms with Gasteiger partial charge >= 0.3 is 0 Å². The van der Waals surface area contributed by atoms with Gasteiger partial charge in [0.1, 0.15) is 0 Å². The standard InChI is InChI=1S/C12H16BrN3O3S/c13-10-3-5-11(6-4-10)20(18,19)16-7-1-2-9(8-16)12(17)15-14/h3-6,9H,1-2,7-8,14H2,(H,15,17)/t9-/m1/s1. The molecular weight excluding hydrogens is 346 g/mol. The first-order valence-electron chi connectivity index (χ1n) is 6.21. The zero-order valence-corrected chi connectivity index (χ0v) is 13.2. The molecular formula is C12H16BrN3O3S. The second kappa shape index (κ2) is 6.21. The van der Waals surface area contributed by atoms with Gasteiger partial charge in [-0.1, -0.05) is 15.9 Å². The highest BCUT2D eigenvalue weighted by Gasteiger charge is 2.32. The van der Waals surface area contributed by atoms with E-state index < -0.39 is 10.0 Å². The molecule has 2 rings (SSSR count). The van der Waals surface area contributed by atoms with Crippen LogP contribution in [0, 0.1) is 5.92 Å². The van der Waals surface area contributed by atoms with Crippen molar-refractivity contribution in [3.63, 3.8) is 0 Å². The van der Waals surface area contributed by atoms with Crippen LogP contribution in [0.4, 0.5) is 0 Å². The van der Waals surface area contributed by atoms with Crippen LogP contribution in [0.1, 0.15) is 12.8 Å². The van der Waals surface area contributed by atoms with E-state index in [0.717, 1.165) is 4.47 Å². The number of hydrazine groups is 1. The Morgan fingerprint density at radius 1 is 1.35 bits per heavy atom. The van der Waals surface area contributed by atoms with Gasteiger partial charge in [-0.2, -0.15) is 4.31 Å². The van der Waals surface area contributed by atoms with E-state index in [1.165, 1.54) is 4.31 Å². The number of hydrogen-bond donors (Lipinski definition) is 2. The molecule has 0 saturated carbocycles. The van der Waals surface area contributed by atoms with Crippen LogP contribution in [0.2, 0.25) is 0 Å². The lowest BCUT2D eigenvalue weighted by Crippen LogP contribution is -2.46. The van der Waals surface area contributed by atoms with E-state index >= 15 is 0 Å². The van der Waals surface area contributed by atoms with Crippen LogP contribution in [-0.2, 0) is 14.8 Å². The minimum atomic E-state index is -3.56. The maximum atomic E-state index is 12.5. The molecule has 0 spiro atoms. The Balaban J connectivity index is 2.21. The highest BCUT2D eigenvalue weighted by Crippen LogP contribution is 2.24. The van der Waals surface area contributed by atoms with Crippen LogP contribution in [0.15, 0.2) is 33.6 Å². The van der Waals surface area contributed by atoms with Crippen molar-refractivity contribution < 1.29 is 13.2 Å². The molecule has 1 fully saturated rings. The highest BCUT2D eigenvalue weighted by atomic mass is 79.9. The fourth-order valence-corrected chi connectivity index (χ4v) is 4.04. The van der Waals surface area contributed by atoms with Crippen molar-refractivity contribution in [1.82, 2.24) is 9.73 Å². The molecule has 0 bridgehead atoms. The first kappa shape index (κ1) is 15.4. The fraction of sp³-hybridized carbons (Fsp3) is 0.417. The third-order valence-corrected chi connectivity index (χ3v) is 5.76. The first-order valence-corrected chi connectivity index (χ1v) is 8.44. The predicted octanol–water partition coefficient (Wildman–Crippen LogP) is 0.840. The molecule has 3 N–H and O–H groups in total. The number of benzene rings is 1. The van der Waals surface area contributed by atoms with E-state index in [1.807, 2.05) is 0 Å². The van der Waals surface area contributed by atoms with E-state index in [0.29, 0.717) is 19.4 Å². The van der Waals surface area contributed by atoms with Gasteiger partial charge in [0, 0.05) is 17.6 Å². The summed E-state index contributed by atoms with van der Waals surface area (Å²) in [7, 11) is -3.56. The molecule has 1 amide bonds. The maximum Gasteiger partial charge on any atom is 0.243 e. The molecule has 1 aliphatic rings. The summed E-state index contributed by atoms with van der Waals surface area (Å²) in [5.74, 6) is 4.40. The molecule has 20 heavy (non-hydrogen) atoms. The topological polar surface area (TPSA) is 92.5 Å². The van der Waals surface area contributed by atoms with Crippen LogP contribution in [-0.4, -0.2) is 31.7 Å². The minimum Gasteiger partial charge on any atom is -0.294 e. The zero-order valence-electron chi connectivity index (χ0n) is 10.8. The van der Waals surface area contributed by atoms with Crippen molar-refractivity contribution in [2.45, 2.75) is 17.7 Å². The Bertz CT molecular complexity index is 588. The van der Waals surface area contributed by atoms with E-state index in [1.54, 1.807) is 24.3 Å². The quantitative estimate of drug-likeness (QED) is 0.474. The third-order valence-electron chi connectivity index (χ3n) is 3.35. The van der Waals surface area contributed by atoms with Crippen LogP contribution in [0.25, 0.3) is 0 Å². The van der Waals surface area contributed by atoms with Gasteiger partial charge in [0.25, 0.3) is 0 Å². The molecule has 110 valence electrons. The molecule has 1 aliphatic heterocycles. The monoisotopic (exact) mass is 361 g/mol. The van der Waals surface area contributed by atoms with Crippen molar-refractivity contribution in [1.29, 1.82) is 0 Å². The van der Waals surface area contributed by atoms with Crippen molar-refractivity contribution in [2.24, 2.45) is 11.8 Å². The smallest absolute Gasteiger partial charge is 0.243 e. The SMILES string of the molecule is NNC(=O)[C@@H]1CCCN(S(=O)(=O)c2ccc(Br)cc2)C1. The molecule has 0 aromatic heterocycles. The second-order valence-electron chi connectivity index (χ2n) is 4.66. The number of carbonyl (C=O) groups is 1. The Hall–Kier alpha value is -0.960. The maximum absolute atomic E-state index is 12.5. The van der Waals surface area contributed by atoms with Crippen molar-refractivity contribution in [3.05, 3.63) is 28.7 Å². The average Bonchev–Trinajstić information content (AvgIpc) is 2.47. The number of hydrogen-bond acceptors (Lipinski definition) is 4. The molecule has 1 heterocycles. The summed E-state index contributed by atoms with van der Waals surface area (Å²) in [5, 5.41) is 0. The van der Waals surface area contributed by atoms with Gasteiger partial charge < -0.3 is 0 Å². The number of nitrogens with one attached hydrogen (secondary N) is 1. The first-order chi connectivity index (χ1) is 9.45. The van der Waals surface area contributed by atoms with E-state index in [-0.39, 0.29) is 23.3 Å². The summed E-state index contributed by atoms with van der Waals surface area (Å²) in [6.45, 7) is 0.591. The number of sulfonamides is 1. The molecule has 1 saturated heterocycles. The minimum absolute atomic E-state index is 0.168. The summed E-state index contributed by atoms with van der Waals surface area (Å²) in [5.41, 5.74) is 2.09. The van der Waals surface area contributed by atoms with Crippen molar-refractivity contribution in [3.8, 4) is 0 Å². The Morgan fingerprint density at radius 2 is 2.00 bits per heavy atom.